The van der Waals surface area contributed by atoms with Crippen molar-refractivity contribution in [3.05, 3.63) is 16.3 Å². The van der Waals surface area contributed by atoms with Crippen molar-refractivity contribution in [2.75, 3.05) is 13.6 Å². The van der Waals surface area contributed by atoms with E-state index in [1.165, 1.54) is 11.3 Å². The van der Waals surface area contributed by atoms with Crippen LogP contribution < -0.4 is 5.32 Å². The number of hydrogen-bond acceptors (Lipinski definition) is 4. The van der Waals surface area contributed by atoms with E-state index in [0.29, 0.717) is 4.90 Å². The van der Waals surface area contributed by atoms with Gasteiger partial charge in [-0.25, -0.2) is 8.42 Å². The molecule has 0 aliphatic heterocycles. The van der Waals surface area contributed by atoms with Gasteiger partial charge in [-0.2, -0.15) is 4.31 Å². The standard InChI is InChI=1S/C14H24N2O2S2/c1-3-8-15-10-13-9-14(11-19-13)20(17,18)16(2)12-6-4-5-7-12/h9,11-12,15H,3-8,10H2,1-2H3. The van der Waals surface area contributed by atoms with E-state index < -0.39 is 10.0 Å². The van der Waals surface area contributed by atoms with Crippen LogP contribution in [0, 0.1) is 0 Å². The van der Waals surface area contributed by atoms with Crippen LogP contribution >= 0.6 is 11.3 Å². The first-order chi connectivity index (χ1) is 9.55. The molecule has 1 aromatic heterocycles. The summed E-state index contributed by atoms with van der Waals surface area (Å²) in [6.07, 6.45) is 5.34. The zero-order valence-electron chi connectivity index (χ0n) is 12.3. The molecule has 1 saturated carbocycles. The van der Waals surface area contributed by atoms with Crippen molar-refractivity contribution in [2.24, 2.45) is 0 Å². The Morgan fingerprint density at radius 1 is 1.40 bits per heavy atom. The van der Waals surface area contributed by atoms with Gasteiger partial charge in [0.05, 0.1) is 4.90 Å². The van der Waals surface area contributed by atoms with Crippen molar-refractivity contribution >= 4 is 21.4 Å². The van der Waals surface area contributed by atoms with Gasteiger partial charge in [0.15, 0.2) is 0 Å². The SMILES string of the molecule is CCCNCc1cc(S(=O)(=O)N(C)C2CCCC2)cs1. The molecule has 2 rings (SSSR count). The predicted molar refractivity (Wildman–Crippen MR) is 83.5 cm³/mol. The zero-order valence-corrected chi connectivity index (χ0v) is 13.9. The summed E-state index contributed by atoms with van der Waals surface area (Å²) in [7, 11) is -1.60. The topological polar surface area (TPSA) is 49.4 Å². The summed E-state index contributed by atoms with van der Waals surface area (Å²) in [5.41, 5.74) is 0. The predicted octanol–water partition coefficient (Wildman–Crippen LogP) is 2.81. The Bertz CT molecular complexity index is 519. The minimum absolute atomic E-state index is 0.182. The number of rotatable bonds is 7. The lowest BCUT2D eigenvalue weighted by Crippen LogP contribution is -2.34. The molecule has 0 amide bonds. The Labute approximate surface area is 126 Å². The maximum atomic E-state index is 12.6. The van der Waals surface area contributed by atoms with Crippen molar-refractivity contribution in [1.82, 2.24) is 9.62 Å². The monoisotopic (exact) mass is 316 g/mol. The van der Waals surface area contributed by atoms with E-state index in [-0.39, 0.29) is 6.04 Å². The Balaban J connectivity index is 2.05. The summed E-state index contributed by atoms with van der Waals surface area (Å²) < 4.78 is 26.7. The number of nitrogens with one attached hydrogen (secondary N) is 1. The van der Waals surface area contributed by atoms with Gasteiger partial charge in [-0.05, 0) is 31.9 Å². The second-order valence-corrected chi connectivity index (χ2v) is 8.38. The summed E-state index contributed by atoms with van der Waals surface area (Å²) >= 11 is 1.52. The molecule has 0 atom stereocenters. The molecule has 0 aromatic carbocycles. The summed E-state index contributed by atoms with van der Waals surface area (Å²) in [4.78, 5) is 1.53. The fourth-order valence-electron chi connectivity index (χ4n) is 2.61. The normalized spacial score (nSPS) is 17.1. The highest BCUT2D eigenvalue weighted by Gasteiger charge is 2.30. The molecule has 114 valence electrons. The van der Waals surface area contributed by atoms with Crippen molar-refractivity contribution in [1.29, 1.82) is 0 Å². The summed E-state index contributed by atoms with van der Waals surface area (Å²) in [5.74, 6) is 0. The third-order valence-electron chi connectivity index (χ3n) is 3.87. The third kappa shape index (κ3) is 3.61. The van der Waals surface area contributed by atoms with Crippen molar-refractivity contribution in [3.8, 4) is 0 Å². The highest BCUT2D eigenvalue weighted by Crippen LogP contribution is 2.29. The van der Waals surface area contributed by atoms with Gasteiger partial charge in [0.1, 0.15) is 0 Å². The quantitative estimate of drug-likeness (QED) is 0.787. The lowest BCUT2D eigenvalue weighted by molar-refractivity contribution is 0.373. The Morgan fingerprint density at radius 3 is 2.75 bits per heavy atom. The first-order valence-corrected chi connectivity index (χ1v) is 9.64. The second-order valence-electron chi connectivity index (χ2n) is 5.39. The van der Waals surface area contributed by atoms with E-state index >= 15 is 0 Å². The maximum absolute atomic E-state index is 12.6. The molecule has 0 radical (unpaired) electrons. The van der Waals surface area contributed by atoms with Crippen LogP contribution in [0.2, 0.25) is 0 Å². The molecule has 0 bridgehead atoms. The molecule has 0 saturated heterocycles. The minimum atomic E-state index is -3.32. The van der Waals surface area contributed by atoms with Crippen LogP contribution in [0.25, 0.3) is 0 Å². The Hall–Kier alpha value is -0.430. The van der Waals surface area contributed by atoms with Crippen LogP contribution in [-0.2, 0) is 16.6 Å². The van der Waals surface area contributed by atoms with Gasteiger partial charge >= 0.3 is 0 Å². The van der Waals surface area contributed by atoms with Crippen molar-refractivity contribution < 1.29 is 8.42 Å². The number of thiophene rings is 1. The lowest BCUT2D eigenvalue weighted by Gasteiger charge is -2.22. The van der Waals surface area contributed by atoms with Gasteiger partial charge in [-0.1, -0.05) is 19.8 Å². The van der Waals surface area contributed by atoms with E-state index in [1.807, 2.05) is 6.07 Å². The summed E-state index contributed by atoms with van der Waals surface area (Å²) in [6.45, 7) is 3.83. The molecule has 0 unspecified atom stereocenters. The molecule has 1 N–H and O–H groups in total. The fraction of sp³-hybridized carbons (Fsp3) is 0.714. The first-order valence-electron chi connectivity index (χ1n) is 7.32. The highest BCUT2D eigenvalue weighted by molar-refractivity contribution is 7.89. The molecule has 1 aliphatic rings. The van der Waals surface area contributed by atoms with E-state index in [2.05, 4.69) is 12.2 Å². The van der Waals surface area contributed by atoms with Gasteiger partial charge in [0.2, 0.25) is 10.0 Å². The second kappa shape index (κ2) is 7.02. The summed E-state index contributed by atoms with van der Waals surface area (Å²) in [5, 5.41) is 5.07. The maximum Gasteiger partial charge on any atom is 0.243 e. The minimum Gasteiger partial charge on any atom is -0.312 e. The number of hydrogen-bond donors (Lipinski definition) is 1. The van der Waals surface area contributed by atoms with E-state index in [1.54, 1.807) is 16.7 Å². The molecule has 0 spiro atoms. The van der Waals surface area contributed by atoms with Crippen molar-refractivity contribution in [2.45, 2.75) is 56.5 Å². The van der Waals surface area contributed by atoms with Crippen LogP contribution in [0.3, 0.4) is 0 Å². The van der Waals surface area contributed by atoms with E-state index in [4.69, 9.17) is 0 Å². The van der Waals surface area contributed by atoms with Gasteiger partial charge in [0.25, 0.3) is 0 Å². The van der Waals surface area contributed by atoms with Crippen LogP contribution in [0.1, 0.15) is 43.9 Å². The third-order valence-corrected chi connectivity index (χ3v) is 6.85. The Morgan fingerprint density at radius 2 is 2.10 bits per heavy atom. The van der Waals surface area contributed by atoms with Gasteiger partial charge < -0.3 is 5.32 Å². The van der Waals surface area contributed by atoms with E-state index in [9.17, 15) is 8.42 Å². The highest BCUT2D eigenvalue weighted by atomic mass is 32.2. The average molecular weight is 316 g/mol. The molecule has 1 fully saturated rings. The van der Waals surface area contributed by atoms with Gasteiger partial charge in [0, 0.05) is 29.9 Å². The van der Waals surface area contributed by atoms with Crippen LogP contribution in [-0.4, -0.2) is 32.4 Å². The van der Waals surface area contributed by atoms with Gasteiger partial charge in [-0.3, -0.25) is 0 Å². The van der Waals surface area contributed by atoms with Gasteiger partial charge in [-0.15, -0.1) is 11.3 Å². The average Bonchev–Trinajstić information content (AvgIpc) is 3.09. The molecule has 1 heterocycles. The molecule has 4 nitrogen and oxygen atoms in total. The molecular formula is C14H24N2O2S2. The molecule has 20 heavy (non-hydrogen) atoms. The largest absolute Gasteiger partial charge is 0.312 e. The smallest absolute Gasteiger partial charge is 0.243 e. The Kier molecular flexibility index (Phi) is 5.60. The molecule has 1 aliphatic carbocycles. The number of sulfonamides is 1. The fourth-order valence-corrected chi connectivity index (χ4v) is 5.26. The first kappa shape index (κ1) is 15.9. The summed E-state index contributed by atoms with van der Waals surface area (Å²) in [6, 6.07) is 2.00. The van der Waals surface area contributed by atoms with Crippen LogP contribution in [0.15, 0.2) is 16.3 Å². The molecule has 1 aromatic rings. The zero-order chi connectivity index (χ0) is 14.6. The van der Waals surface area contributed by atoms with Crippen molar-refractivity contribution in [3.63, 3.8) is 0 Å². The molecule has 6 heteroatoms. The van der Waals surface area contributed by atoms with E-state index in [0.717, 1.165) is 50.1 Å². The lowest BCUT2D eigenvalue weighted by atomic mass is 10.3. The van der Waals surface area contributed by atoms with Crippen LogP contribution in [0.4, 0.5) is 0 Å². The number of nitrogens with zero attached hydrogens (tertiary/aromatic N) is 1. The van der Waals surface area contributed by atoms with Crippen LogP contribution in [0.5, 0.6) is 0 Å². The molecular weight excluding hydrogens is 292 g/mol.